The first-order chi connectivity index (χ1) is 7.65. The third-order valence-electron chi connectivity index (χ3n) is 2.78. The SMILES string of the molecule is CNC(c1cnn(C)c1C)c1occc1Br. The van der Waals surface area contributed by atoms with Crippen molar-refractivity contribution in [3.8, 4) is 0 Å². The number of furan rings is 1. The summed E-state index contributed by atoms with van der Waals surface area (Å²) in [6, 6.07) is 1.92. The lowest BCUT2D eigenvalue weighted by Gasteiger charge is -2.14. The van der Waals surface area contributed by atoms with Gasteiger partial charge in [0.15, 0.2) is 0 Å². The molecule has 4 nitrogen and oxygen atoms in total. The highest BCUT2D eigenvalue weighted by molar-refractivity contribution is 9.10. The van der Waals surface area contributed by atoms with Gasteiger partial charge in [-0.2, -0.15) is 5.10 Å². The highest BCUT2D eigenvalue weighted by Crippen LogP contribution is 2.30. The molecule has 0 saturated carbocycles. The quantitative estimate of drug-likeness (QED) is 0.941. The zero-order chi connectivity index (χ0) is 11.7. The number of halogens is 1. The van der Waals surface area contributed by atoms with E-state index in [4.69, 9.17) is 4.42 Å². The molecule has 16 heavy (non-hydrogen) atoms. The second-order valence-electron chi connectivity index (χ2n) is 3.66. The number of aryl methyl sites for hydroxylation is 1. The van der Waals surface area contributed by atoms with Crippen LogP contribution in [0.1, 0.15) is 23.1 Å². The minimum absolute atomic E-state index is 0.0260. The van der Waals surface area contributed by atoms with E-state index < -0.39 is 0 Å². The summed E-state index contributed by atoms with van der Waals surface area (Å²) < 4.78 is 8.31. The van der Waals surface area contributed by atoms with Gasteiger partial charge in [0.1, 0.15) is 5.76 Å². The Bertz CT molecular complexity index is 489. The molecule has 1 N–H and O–H groups in total. The van der Waals surface area contributed by atoms with Gasteiger partial charge in [0.05, 0.1) is 23.0 Å². The molecule has 0 bridgehead atoms. The molecule has 0 saturated heterocycles. The summed E-state index contributed by atoms with van der Waals surface area (Å²) in [7, 11) is 3.84. The maximum absolute atomic E-state index is 5.49. The molecule has 0 spiro atoms. The van der Waals surface area contributed by atoms with Crippen molar-refractivity contribution in [1.82, 2.24) is 15.1 Å². The Morgan fingerprint density at radius 1 is 1.56 bits per heavy atom. The Morgan fingerprint density at radius 2 is 2.31 bits per heavy atom. The van der Waals surface area contributed by atoms with Crippen molar-refractivity contribution in [3.63, 3.8) is 0 Å². The molecule has 0 aliphatic heterocycles. The van der Waals surface area contributed by atoms with Gasteiger partial charge < -0.3 is 9.73 Å². The van der Waals surface area contributed by atoms with E-state index in [1.54, 1.807) is 6.26 Å². The zero-order valence-electron chi connectivity index (χ0n) is 9.49. The van der Waals surface area contributed by atoms with Crippen molar-refractivity contribution in [2.24, 2.45) is 7.05 Å². The molecule has 1 atom stereocenters. The fraction of sp³-hybridized carbons (Fsp3) is 0.364. The Kier molecular flexibility index (Phi) is 3.16. The van der Waals surface area contributed by atoms with E-state index in [2.05, 4.69) is 26.3 Å². The lowest BCUT2D eigenvalue weighted by molar-refractivity contribution is 0.460. The molecule has 0 aliphatic rings. The number of nitrogens with one attached hydrogen (secondary N) is 1. The monoisotopic (exact) mass is 283 g/mol. The molecule has 1 unspecified atom stereocenters. The molecular weight excluding hydrogens is 270 g/mol. The van der Waals surface area contributed by atoms with E-state index in [9.17, 15) is 0 Å². The van der Waals surface area contributed by atoms with Gasteiger partial charge in [0, 0.05) is 18.3 Å². The van der Waals surface area contributed by atoms with Crippen LogP contribution in [0.2, 0.25) is 0 Å². The van der Waals surface area contributed by atoms with E-state index in [0.717, 1.165) is 21.5 Å². The van der Waals surface area contributed by atoms with Crippen LogP contribution in [-0.4, -0.2) is 16.8 Å². The predicted octanol–water partition coefficient (Wildman–Crippen LogP) is 2.39. The van der Waals surface area contributed by atoms with Gasteiger partial charge >= 0.3 is 0 Å². The van der Waals surface area contributed by atoms with Gasteiger partial charge in [-0.1, -0.05) is 0 Å². The smallest absolute Gasteiger partial charge is 0.139 e. The van der Waals surface area contributed by atoms with Crippen molar-refractivity contribution in [2.45, 2.75) is 13.0 Å². The van der Waals surface area contributed by atoms with Gasteiger partial charge in [-0.05, 0) is 36.0 Å². The fourth-order valence-corrected chi connectivity index (χ4v) is 2.17. The number of hydrogen-bond donors (Lipinski definition) is 1. The minimum Gasteiger partial charge on any atom is -0.466 e. The number of aromatic nitrogens is 2. The Hall–Kier alpha value is -1.07. The number of hydrogen-bond acceptors (Lipinski definition) is 3. The maximum Gasteiger partial charge on any atom is 0.139 e. The summed E-state index contributed by atoms with van der Waals surface area (Å²) >= 11 is 3.48. The Morgan fingerprint density at radius 3 is 2.75 bits per heavy atom. The van der Waals surface area contributed by atoms with Gasteiger partial charge in [-0.15, -0.1) is 0 Å². The topological polar surface area (TPSA) is 43.0 Å². The van der Waals surface area contributed by atoms with Gasteiger partial charge in [-0.25, -0.2) is 0 Å². The van der Waals surface area contributed by atoms with Crippen molar-refractivity contribution in [3.05, 3.63) is 40.0 Å². The number of rotatable bonds is 3. The van der Waals surface area contributed by atoms with Gasteiger partial charge in [-0.3, -0.25) is 4.68 Å². The summed E-state index contributed by atoms with van der Waals surface area (Å²) in [5.74, 6) is 0.874. The third kappa shape index (κ3) is 1.81. The third-order valence-corrected chi connectivity index (χ3v) is 3.43. The molecule has 86 valence electrons. The lowest BCUT2D eigenvalue weighted by Crippen LogP contribution is -2.18. The van der Waals surface area contributed by atoms with E-state index >= 15 is 0 Å². The predicted molar refractivity (Wildman–Crippen MR) is 65.3 cm³/mol. The van der Waals surface area contributed by atoms with Crippen LogP contribution in [0, 0.1) is 6.92 Å². The summed E-state index contributed by atoms with van der Waals surface area (Å²) in [5, 5.41) is 7.48. The molecule has 2 rings (SSSR count). The minimum atomic E-state index is 0.0260. The molecule has 2 aromatic heterocycles. The van der Waals surface area contributed by atoms with E-state index in [0.29, 0.717) is 0 Å². The van der Waals surface area contributed by atoms with E-state index in [1.807, 2.05) is 38.0 Å². The molecule has 0 aliphatic carbocycles. The molecular formula is C11H14BrN3O. The van der Waals surface area contributed by atoms with E-state index in [1.165, 1.54) is 0 Å². The van der Waals surface area contributed by atoms with Crippen LogP contribution in [0.4, 0.5) is 0 Å². The molecule has 5 heteroatoms. The Labute approximate surface area is 103 Å². The molecule has 0 radical (unpaired) electrons. The average Bonchev–Trinajstić information content (AvgIpc) is 2.81. The second-order valence-corrected chi connectivity index (χ2v) is 4.52. The summed E-state index contributed by atoms with van der Waals surface area (Å²) in [6.07, 6.45) is 3.54. The van der Waals surface area contributed by atoms with Crippen molar-refractivity contribution in [1.29, 1.82) is 0 Å². The molecule has 2 heterocycles. The first-order valence-electron chi connectivity index (χ1n) is 5.03. The van der Waals surface area contributed by atoms with Crippen LogP contribution in [0.15, 0.2) is 27.4 Å². The molecule has 2 aromatic rings. The maximum atomic E-state index is 5.49. The first kappa shape index (κ1) is 11.4. The Balaban J connectivity index is 2.45. The summed E-state index contributed by atoms with van der Waals surface area (Å²) in [6.45, 7) is 2.05. The van der Waals surface area contributed by atoms with Crippen LogP contribution in [0.5, 0.6) is 0 Å². The van der Waals surface area contributed by atoms with Crippen LogP contribution in [0.25, 0.3) is 0 Å². The summed E-state index contributed by atoms with van der Waals surface area (Å²) in [4.78, 5) is 0. The largest absolute Gasteiger partial charge is 0.466 e. The molecule has 0 aromatic carbocycles. The highest BCUT2D eigenvalue weighted by atomic mass is 79.9. The van der Waals surface area contributed by atoms with Gasteiger partial charge in [0.25, 0.3) is 0 Å². The van der Waals surface area contributed by atoms with Crippen LogP contribution >= 0.6 is 15.9 Å². The molecule has 0 fully saturated rings. The van der Waals surface area contributed by atoms with Crippen molar-refractivity contribution in [2.75, 3.05) is 7.05 Å². The summed E-state index contributed by atoms with van der Waals surface area (Å²) in [5.41, 5.74) is 2.25. The van der Waals surface area contributed by atoms with Crippen molar-refractivity contribution >= 4 is 15.9 Å². The van der Waals surface area contributed by atoms with E-state index in [-0.39, 0.29) is 6.04 Å². The fourth-order valence-electron chi connectivity index (χ4n) is 1.74. The lowest BCUT2D eigenvalue weighted by atomic mass is 10.1. The average molecular weight is 284 g/mol. The normalized spacial score (nSPS) is 13.0. The first-order valence-corrected chi connectivity index (χ1v) is 5.83. The number of nitrogens with zero attached hydrogens (tertiary/aromatic N) is 2. The van der Waals surface area contributed by atoms with Crippen molar-refractivity contribution < 1.29 is 4.42 Å². The zero-order valence-corrected chi connectivity index (χ0v) is 11.1. The second kappa shape index (κ2) is 4.43. The van der Waals surface area contributed by atoms with Crippen LogP contribution in [0.3, 0.4) is 0 Å². The standard InChI is InChI=1S/C11H14BrN3O/c1-7-8(6-14-15(7)3)10(13-2)11-9(12)4-5-16-11/h4-6,10,13H,1-3H3. The van der Waals surface area contributed by atoms with Crippen LogP contribution < -0.4 is 5.32 Å². The van der Waals surface area contributed by atoms with Gasteiger partial charge in [0.2, 0.25) is 0 Å². The van der Waals surface area contributed by atoms with Crippen LogP contribution in [-0.2, 0) is 7.05 Å². The highest BCUT2D eigenvalue weighted by Gasteiger charge is 2.21. The molecule has 0 amide bonds.